The molecule has 0 saturated carbocycles. The quantitative estimate of drug-likeness (QED) is 0.655. The van der Waals surface area contributed by atoms with Crippen LogP contribution in [0.4, 0.5) is 5.69 Å². The Bertz CT molecular complexity index is 671. The third-order valence-corrected chi connectivity index (χ3v) is 4.14. The van der Waals surface area contributed by atoms with E-state index in [0.717, 1.165) is 15.5 Å². The largest absolute Gasteiger partial charge is 0.388 e. The van der Waals surface area contributed by atoms with Gasteiger partial charge in [0.05, 0.1) is 0 Å². The molecule has 1 unspecified atom stereocenters. The van der Waals surface area contributed by atoms with Crippen LogP contribution in [0.25, 0.3) is 0 Å². The lowest BCUT2D eigenvalue weighted by Crippen LogP contribution is -2.54. The number of carbonyl (C=O) groups is 4. The summed E-state index contributed by atoms with van der Waals surface area (Å²) >= 11 is 0. The summed E-state index contributed by atoms with van der Waals surface area (Å²) in [6.45, 7) is 1.76. The topological polar surface area (TPSA) is 86.8 Å². The second kappa shape index (κ2) is 6.60. The smallest absolute Gasteiger partial charge is 0.261 e. The fraction of sp³-hybridized carbons (Fsp3) is 0.375. The number of nitrogens with one attached hydrogen (secondary N) is 1. The summed E-state index contributed by atoms with van der Waals surface area (Å²) in [4.78, 5) is 49.8. The third kappa shape index (κ3) is 2.94. The number of imide groups is 2. The number of rotatable bonds is 4. The Hall–Kier alpha value is -2.70. The van der Waals surface area contributed by atoms with Gasteiger partial charge < -0.3 is 5.32 Å². The maximum atomic E-state index is 12.7. The van der Waals surface area contributed by atoms with Gasteiger partial charge in [0.2, 0.25) is 12.3 Å². The first-order valence-corrected chi connectivity index (χ1v) is 7.28. The molecule has 1 N–H and O–H groups in total. The molecule has 122 valence electrons. The summed E-state index contributed by atoms with van der Waals surface area (Å²) in [5.74, 6) is -1.39. The Balaban J connectivity index is 2.35. The van der Waals surface area contributed by atoms with Gasteiger partial charge in [0.15, 0.2) is 0 Å². The number of hydrogen-bond donors (Lipinski definition) is 1. The first-order valence-electron chi connectivity index (χ1n) is 7.28. The first kappa shape index (κ1) is 16.7. The van der Waals surface area contributed by atoms with Crippen molar-refractivity contribution in [2.75, 3.05) is 19.4 Å². The zero-order valence-electron chi connectivity index (χ0n) is 13.3. The number of anilines is 1. The van der Waals surface area contributed by atoms with Crippen molar-refractivity contribution in [2.45, 2.75) is 25.8 Å². The van der Waals surface area contributed by atoms with Gasteiger partial charge >= 0.3 is 0 Å². The van der Waals surface area contributed by atoms with Crippen molar-refractivity contribution in [3.63, 3.8) is 0 Å². The van der Waals surface area contributed by atoms with E-state index in [-0.39, 0.29) is 18.7 Å². The van der Waals surface area contributed by atoms with Crippen LogP contribution in [0.1, 0.15) is 28.8 Å². The Morgan fingerprint density at radius 1 is 1.39 bits per heavy atom. The average Bonchev–Trinajstić information content (AvgIpc) is 2.55. The molecule has 1 fully saturated rings. The van der Waals surface area contributed by atoms with Crippen LogP contribution in [0.15, 0.2) is 18.2 Å². The molecule has 1 aliphatic heterocycles. The van der Waals surface area contributed by atoms with Crippen molar-refractivity contribution in [3.05, 3.63) is 29.3 Å². The van der Waals surface area contributed by atoms with Gasteiger partial charge in [0, 0.05) is 31.8 Å². The molecule has 7 heteroatoms. The van der Waals surface area contributed by atoms with E-state index >= 15 is 0 Å². The van der Waals surface area contributed by atoms with Crippen LogP contribution >= 0.6 is 0 Å². The predicted octanol–water partition coefficient (Wildman–Crippen LogP) is 0.783. The SMILES string of the molecule is CNc1cccc(C(=O)N(C=O)C2CCC(=O)N(C)C2=O)c1C. The number of benzene rings is 1. The van der Waals surface area contributed by atoms with E-state index in [1.54, 1.807) is 26.1 Å². The van der Waals surface area contributed by atoms with Gasteiger partial charge in [-0.3, -0.25) is 29.0 Å². The monoisotopic (exact) mass is 317 g/mol. The van der Waals surface area contributed by atoms with Crippen molar-refractivity contribution < 1.29 is 19.2 Å². The number of amides is 4. The molecule has 0 spiro atoms. The Labute approximate surface area is 134 Å². The van der Waals surface area contributed by atoms with Crippen molar-refractivity contribution in [3.8, 4) is 0 Å². The number of nitrogens with zero attached hydrogens (tertiary/aromatic N) is 2. The van der Waals surface area contributed by atoms with E-state index < -0.39 is 17.9 Å². The Kier molecular flexibility index (Phi) is 4.78. The molecule has 1 aromatic rings. The molecule has 1 atom stereocenters. The zero-order valence-corrected chi connectivity index (χ0v) is 13.3. The highest BCUT2D eigenvalue weighted by atomic mass is 16.2. The van der Waals surface area contributed by atoms with Gasteiger partial charge in [-0.2, -0.15) is 0 Å². The van der Waals surface area contributed by atoms with Crippen LogP contribution in [0.5, 0.6) is 0 Å². The van der Waals surface area contributed by atoms with Crippen molar-refractivity contribution in [2.24, 2.45) is 0 Å². The highest BCUT2D eigenvalue weighted by Crippen LogP contribution is 2.23. The van der Waals surface area contributed by atoms with Crippen LogP contribution < -0.4 is 5.32 Å². The third-order valence-electron chi connectivity index (χ3n) is 4.14. The standard InChI is InChI=1S/C16H19N3O4/c1-10-11(5-4-6-12(10)17-2)15(22)19(9-20)13-7-8-14(21)18(3)16(13)23/h4-6,9,13,17H,7-8H2,1-3H3. The molecule has 1 heterocycles. The average molecular weight is 317 g/mol. The molecule has 23 heavy (non-hydrogen) atoms. The number of likely N-dealkylation sites (tertiary alicyclic amines) is 1. The van der Waals surface area contributed by atoms with Gasteiger partial charge in [-0.15, -0.1) is 0 Å². The molecule has 4 amide bonds. The van der Waals surface area contributed by atoms with Gasteiger partial charge in [0.25, 0.3) is 11.8 Å². The van der Waals surface area contributed by atoms with Crippen LogP contribution in [-0.4, -0.2) is 54.1 Å². The molecular weight excluding hydrogens is 298 g/mol. The first-order chi connectivity index (χ1) is 10.9. The molecule has 1 aliphatic rings. The fourth-order valence-corrected chi connectivity index (χ4v) is 2.70. The zero-order chi connectivity index (χ0) is 17.1. The molecule has 2 rings (SSSR count). The van der Waals surface area contributed by atoms with Crippen LogP contribution in [0, 0.1) is 6.92 Å². The summed E-state index contributed by atoms with van der Waals surface area (Å²) in [5, 5.41) is 2.97. The van der Waals surface area contributed by atoms with E-state index in [2.05, 4.69) is 5.32 Å². The van der Waals surface area contributed by atoms with Crippen molar-refractivity contribution in [1.29, 1.82) is 0 Å². The van der Waals surface area contributed by atoms with Crippen LogP contribution in [0.3, 0.4) is 0 Å². The minimum absolute atomic E-state index is 0.125. The second-order valence-electron chi connectivity index (χ2n) is 5.39. The summed E-state index contributed by atoms with van der Waals surface area (Å²) in [5.41, 5.74) is 1.81. The molecule has 0 bridgehead atoms. The normalized spacial score (nSPS) is 17.9. The summed E-state index contributed by atoms with van der Waals surface area (Å²) in [6.07, 6.45) is 0.636. The number of carbonyl (C=O) groups excluding carboxylic acids is 4. The highest BCUT2D eigenvalue weighted by Gasteiger charge is 2.38. The van der Waals surface area contributed by atoms with E-state index in [1.807, 2.05) is 6.07 Å². The van der Waals surface area contributed by atoms with Gasteiger partial charge in [0.1, 0.15) is 6.04 Å². The predicted molar refractivity (Wildman–Crippen MR) is 83.8 cm³/mol. The van der Waals surface area contributed by atoms with Gasteiger partial charge in [-0.1, -0.05) is 6.07 Å². The minimum atomic E-state index is -0.944. The maximum Gasteiger partial charge on any atom is 0.261 e. The highest BCUT2D eigenvalue weighted by molar-refractivity contribution is 6.07. The van der Waals surface area contributed by atoms with E-state index in [4.69, 9.17) is 0 Å². The molecule has 1 aromatic carbocycles. The summed E-state index contributed by atoms with van der Waals surface area (Å²) in [6, 6.07) is 4.18. The number of hydrogen-bond acceptors (Lipinski definition) is 5. The van der Waals surface area contributed by atoms with E-state index in [0.29, 0.717) is 17.5 Å². The van der Waals surface area contributed by atoms with Gasteiger partial charge in [-0.05, 0) is 31.0 Å². The molecule has 1 saturated heterocycles. The lowest BCUT2D eigenvalue weighted by Gasteiger charge is -2.33. The number of likely N-dealkylation sites (N-methyl/N-ethyl adjacent to an activating group) is 1. The van der Waals surface area contributed by atoms with Gasteiger partial charge in [-0.25, -0.2) is 0 Å². The lowest BCUT2D eigenvalue weighted by molar-refractivity contribution is -0.151. The Morgan fingerprint density at radius 3 is 2.70 bits per heavy atom. The molecule has 0 radical (unpaired) electrons. The van der Waals surface area contributed by atoms with Crippen LogP contribution in [0.2, 0.25) is 0 Å². The van der Waals surface area contributed by atoms with Crippen molar-refractivity contribution >= 4 is 29.8 Å². The molecule has 0 aliphatic carbocycles. The van der Waals surface area contributed by atoms with E-state index in [1.165, 1.54) is 7.05 Å². The summed E-state index contributed by atoms with van der Waals surface area (Å²) < 4.78 is 0. The maximum absolute atomic E-state index is 12.7. The minimum Gasteiger partial charge on any atom is -0.388 e. The fourth-order valence-electron chi connectivity index (χ4n) is 2.70. The second-order valence-corrected chi connectivity index (χ2v) is 5.39. The molecule has 7 nitrogen and oxygen atoms in total. The Morgan fingerprint density at radius 2 is 2.09 bits per heavy atom. The lowest BCUT2D eigenvalue weighted by atomic mass is 10.0. The van der Waals surface area contributed by atoms with E-state index in [9.17, 15) is 19.2 Å². The summed E-state index contributed by atoms with van der Waals surface area (Å²) in [7, 11) is 3.09. The molecular formula is C16H19N3O4. The molecule has 0 aromatic heterocycles. The number of piperidine rings is 1. The van der Waals surface area contributed by atoms with Crippen molar-refractivity contribution in [1.82, 2.24) is 9.80 Å². The van der Waals surface area contributed by atoms with Crippen LogP contribution in [-0.2, 0) is 14.4 Å².